The summed E-state index contributed by atoms with van der Waals surface area (Å²) in [7, 11) is 1.63. The standard InChI is InChI=1S/C12H17BrN2O2/c1-3-15(7-12(17)14-2)11-5-4-9(8-16)6-10(11)13/h4-6,16H,3,7-8H2,1-2H3,(H,14,17). The van der Waals surface area contributed by atoms with Crippen LogP contribution in [0.4, 0.5) is 5.69 Å². The van der Waals surface area contributed by atoms with Gasteiger partial charge in [0.15, 0.2) is 0 Å². The first-order valence-electron chi connectivity index (χ1n) is 5.47. The minimum atomic E-state index is -0.0232. The zero-order chi connectivity index (χ0) is 12.8. The number of benzene rings is 1. The Bertz CT molecular complexity index is 396. The number of carbonyl (C=O) groups is 1. The fourth-order valence-electron chi connectivity index (χ4n) is 1.52. The summed E-state index contributed by atoms with van der Waals surface area (Å²) in [6, 6.07) is 5.62. The van der Waals surface area contributed by atoms with Gasteiger partial charge in [-0.3, -0.25) is 4.79 Å². The van der Waals surface area contributed by atoms with Crippen molar-refractivity contribution in [3.05, 3.63) is 28.2 Å². The van der Waals surface area contributed by atoms with Gasteiger partial charge in [0, 0.05) is 18.1 Å². The molecular formula is C12H17BrN2O2. The highest BCUT2D eigenvalue weighted by Crippen LogP contribution is 2.27. The monoisotopic (exact) mass is 300 g/mol. The molecule has 0 bridgehead atoms. The molecule has 1 amide bonds. The van der Waals surface area contributed by atoms with Crippen molar-refractivity contribution in [1.82, 2.24) is 5.32 Å². The molecule has 0 aliphatic heterocycles. The highest BCUT2D eigenvalue weighted by Gasteiger charge is 2.11. The molecule has 94 valence electrons. The lowest BCUT2D eigenvalue weighted by atomic mass is 10.2. The van der Waals surface area contributed by atoms with Crippen LogP contribution in [-0.4, -0.2) is 31.2 Å². The molecule has 0 heterocycles. The average molecular weight is 301 g/mol. The number of nitrogens with zero attached hydrogens (tertiary/aromatic N) is 1. The van der Waals surface area contributed by atoms with E-state index in [0.29, 0.717) is 6.54 Å². The van der Waals surface area contributed by atoms with Gasteiger partial charge in [0.05, 0.1) is 18.8 Å². The van der Waals surface area contributed by atoms with Gasteiger partial charge in [-0.05, 0) is 40.5 Å². The summed E-state index contributed by atoms with van der Waals surface area (Å²) in [4.78, 5) is 13.3. The number of carbonyl (C=O) groups excluding carboxylic acids is 1. The zero-order valence-corrected chi connectivity index (χ0v) is 11.6. The molecule has 0 saturated heterocycles. The van der Waals surface area contributed by atoms with Crippen molar-refractivity contribution in [2.24, 2.45) is 0 Å². The van der Waals surface area contributed by atoms with Crippen LogP contribution < -0.4 is 10.2 Å². The van der Waals surface area contributed by atoms with Crippen LogP contribution in [0.1, 0.15) is 12.5 Å². The van der Waals surface area contributed by atoms with E-state index in [2.05, 4.69) is 21.2 Å². The number of likely N-dealkylation sites (N-methyl/N-ethyl adjacent to an activating group) is 2. The molecule has 0 saturated carbocycles. The Hall–Kier alpha value is -1.07. The Balaban J connectivity index is 2.92. The molecule has 0 unspecified atom stereocenters. The quantitative estimate of drug-likeness (QED) is 0.867. The Kier molecular flexibility index (Phi) is 5.44. The Morgan fingerprint density at radius 3 is 2.71 bits per heavy atom. The fourth-order valence-corrected chi connectivity index (χ4v) is 2.20. The SMILES string of the molecule is CCN(CC(=O)NC)c1ccc(CO)cc1Br. The molecular weight excluding hydrogens is 284 g/mol. The van der Waals surface area contributed by atoms with Crippen LogP contribution in [0.15, 0.2) is 22.7 Å². The van der Waals surface area contributed by atoms with Crippen molar-refractivity contribution < 1.29 is 9.90 Å². The van der Waals surface area contributed by atoms with Gasteiger partial charge in [0.25, 0.3) is 0 Å². The minimum absolute atomic E-state index is 0.0143. The third-order valence-corrected chi connectivity index (χ3v) is 3.17. The van der Waals surface area contributed by atoms with Crippen LogP contribution in [0.25, 0.3) is 0 Å². The summed E-state index contributed by atoms with van der Waals surface area (Å²) in [5, 5.41) is 11.6. The summed E-state index contributed by atoms with van der Waals surface area (Å²) in [6.45, 7) is 3.07. The smallest absolute Gasteiger partial charge is 0.239 e. The Labute approximate surface area is 110 Å². The normalized spacial score (nSPS) is 10.1. The van der Waals surface area contributed by atoms with Gasteiger partial charge in [-0.1, -0.05) is 6.07 Å². The van der Waals surface area contributed by atoms with E-state index in [1.165, 1.54) is 0 Å². The molecule has 0 aliphatic carbocycles. The number of aliphatic hydroxyl groups is 1. The lowest BCUT2D eigenvalue weighted by molar-refractivity contribution is -0.119. The van der Waals surface area contributed by atoms with Gasteiger partial charge >= 0.3 is 0 Å². The van der Waals surface area contributed by atoms with Crippen LogP contribution >= 0.6 is 15.9 Å². The second-order valence-corrected chi connectivity index (χ2v) is 4.49. The van der Waals surface area contributed by atoms with E-state index >= 15 is 0 Å². The van der Waals surface area contributed by atoms with Crippen molar-refractivity contribution in [2.45, 2.75) is 13.5 Å². The molecule has 0 aromatic heterocycles. The summed E-state index contributed by atoms with van der Waals surface area (Å²) < 4.78 is 0.884. The number of hydrogen-bond acceptors (Lipinski definition) is 3. The first kappa shape index (κ1) is 14.0. The van der Waals surface area contributed by atoms with E-state index in [-0.39, 0.29) is 12.5 Å². The van der Waals surface area contributed by atoms with Crippen LogP contribution in [0.2, 0.25) is 0 Å². The largest absolute Gasteiger partial charge is 0.392 e. The van der Waals surface area contributed by atoms with Gasteiger partial charge in [0.1, 0.15) is 0 Å². The maximum absolute atomic E-state index is 11.4. The Morgan fingerprint density at radius 1 is 1.53 bits per heavy atom. The fraction of sp³-hybridized carbons (Fsp3) is 0.417. The van der Waals surface area contributed by atoms with E-state index in [4.69, 9.17) is 5.11 Å². The van der Waals surface area contributed by atoms with Crippen molar-refractivity contribution in [3.63, 3.8) is 0 Å². The average Bonchev–Trinajstić information content (AvgIpc) is 2.35. The van der Waals surface area contributed by atoms with E-state index in [1.807, 2.05) is 30.0 Å². The van der Waals surface area contributed by atoms with E-state index < -0.39 is 0 Å². The molecule has 17 heavy (non-hydrogen) atoms. The van der Waals surface area contributed by atoms with Crippen LogP contribution in [-0.2, 0) is 11.4 Å². The number of nitrogens with one attached hydrogen (secondary N) is 1. The number of aliphatic hydroxyl groups excluding tert-OH is 1. The van der Waals surface area contributed by atoms with Gasteiger partial charge in [-0.2, -0.15) is 0 Å². The van der Waals surface area contributed by atoms with E-state index in [1.54, 1.807) is 7.05 Å². The minimum Gasteiger partial charge on any atom is -0.392 e. The van der Waals surface area contributed by atoms with E-state index in [0.717, 1.165) is 22.3 Å². The van der Waals surface area contributed by atoms with Crippen molar-refractivity contribution >= 4 is 27.5 Å². The van der Waals surface area contributed by atoms with Crippen molar-refractivity contribution in [3.8, 4) is 0 Å². The molecule has 0 aliphatic rings. The number of hydrogen-bond donors (Lipinski definition) is 2. The van der Waals surface area contributed by atoms with Gasteiger partial charge in [-0.15, -0.1) is 0 Å². The third kappa shape index (κ3) is 3.71. The van der Waals surface area contributed by atoms with Crippen molar-refractivity contribution in [2.75, 3.05) is 25.0 Å². The topological polar surface area (TPSA) is 52.6 Å². The summed E-state index contributed by atoms with van der Waals surface area (Å²) in [5.74, 6) is -0.0232. The van der Waals surface area contributed by atoms with Crippen molar-refractivity contribution in [1.29, 1.82) is 0 Å². The first-order chi connectivity index (χ1) is 8.12. The number of halogens is 1. The van der Waals surface area contributed by atoms with Crippen LogP contribution in [0.3, 0.4) is 0 Å². The molecule has 0 radical (unpaired) electrons. The lowest BCUT2D eigenvalue weighted by Crippen LogP contribution is -2.35. The number of anilines is 1. The highest BCUT2D eigenvalue weighted by molar-refractivity contribution is 9.10. The van der Waals surface area contributed by atoms with E-state index in [9.17, 15) is 4.79 Å². The highest BCUT2D eigenvalue weighted by atomic mass is 79.9. The van der Waals surface area contributed by atoms with Gasteiger partial charge in [0.2, 0.25) is 5.91 Å². The zero-order valence-electron chi connectivity index (χ0n) is 10.0. The maximum Gasteiger partial charge on any atom is 0.239 e. The molecule has 4 nitrogen and oxygen atoms in total. The summed E-state index contributed by atoms with van der Waals surface area (Å²) in [6.07, 6.45) is 0. The maximum atomic E-state index is 11.4. The third-order valence-electron chi connectivity index (χ3n) is 2.53. The Morgan fingerprint density at radius 2 is 2.24 bits per heavy atom. The van der Waals surface area contributed by atoms with Gasteiger partial charge in [-0.25, -0.2) is 0 Å². The van der Waals surface area contributed by atoms with Crippen LogP contribution in [0.5, 0.6) is 0 Å². The summed E-state index contributed by atoms with van der Waals surface area (Å²) in [5.41, 5.74) is 1.80. The predicted octanol–water partition coefficient (Wildman–Crippen LogP) is 1.51. The molecule has 0 spiro atoms. The molecule has 1 rings (SSSR count). The first-order valence-corrected chi connectivity index (χ1v) is 6.26. The molecule has 5 heteroatoms. The molecule has 1 aromatic rings. The molecule has 0 fully saturated rings. The summed E-state index contributed by atoms with van der Waals surface area (Å²) >= 11 is 3.46. The van der Waals surface area contributed by atoms with Gasteiger partial charge < -0.3 is 15.3 Å². The molecule has 1 aromatic carbocycles. The molecule has 0 atom stereocenters. The second kappa shape index (κ2) is 6.61. The predicted molar refractivity (Wildman–Crippen MR) is 72.0 cm³/mol. The van der Waals surface area contributed by atoms with Crippen LogP contribution in [0, 0.1) is 0 Å². The second-order valence-electron chi connectivity index (χ2n) is 3.63. The molecule has 2 N–H and O–H groups in total. The number of amides is 1. The number of rotatable bonds is 5. The lowest BCUT2D eigenvalue weighted by Gasteiger charge is -2.23.